The van der Waals surface area contributed by atoms with E-state index >= 15 is 0 Å². The predicted octanol–water partition coefficient (Wildman–Crippen LogP) is 2.94. The van der Waals surface area contributed by atoms with Crippen molar-refractivity contribution in [2.45, 2.75) is 13.5 Å². The van der Waals surface area contributed by atoms with Crippen molar-refractivity contribution >= 4 is 11.6 Å². The minimum Gasteiger partial charge on any atom is -0.493 e. The fraction of sp³-hybridized carbons (Fsp3) is 0.263. The highest BCUT2D eigenvalue weighted by Gasteiger charge is 2.19. The maximum atomic E-state index is 12.4. The van der Waals surface area contributed by atoms with Gasteiger partial charge in [-0.3, -0.25) is 4.79 Å². The molecule has 0 aliphatic rings. The van der Waals surface area contributed by atoms with Gasteiger partial charge in [0.25, 0.3) is 5.91 Å². The summed E-state index contributed by atoms with van der Waals surface area (Å²) in [5, 5.41) is 9.19. The first-order chi connectivity index (χ1) is 12.0. The van der Waals surface area contributed by atoms with Gasteiger partial charge in [-0.2, -0.15) is 5.26 Å². The van der Waals surface area contributed by atoms with Crippen LogP contribution in [0.15, 0.2) is 36.9 Å². The van der Waals surface area contributed by atoms with Crippen LogP contribution >= 0.6 is 0 Å². The normalized spacial score (nSPS) is 10.0. The van der Waals surface area contributed by atoms with Crippen LogP contribution in [-0.4, -0.2) is 24.7 Å². The molecule has 25 heavy (non-hydrogen) atoms. The Morgan fingerprint density at radius 2 is 2.00 bits per heavy atom. The van der Waals surface area contributed by atoms with E-state index in [1.807, 2.05) is 14.0 Å². The largest absolute Gasteiger partial charge is 0.493 e. The van der Waals surface area contributed by atoms with Crippen LogP contribution in [0.1, 0.15) is 17.0 Å². The van der Waals surface area contributed by atoms with Crippen molar-refractivity contribution in [1.82, 2.24) is 4.57 Å². The van der Waals surface area contributed by atoms with Gasteiger partial charge in [0, 0.05) is 24.5 Å². The first-order valence-electron chi connectivity index (χ1n) is 7.68. The third-order valence-corrected chi connectivity index (χ3v) is 4.20. The van der Waals surface area contributed by atoms with Gasteiger partial charge in [0.1, 0.15) is 11.8 Å². The van der Waals surface area contributed by atoms with Crippen molar-refractivity contribution in [1.29, 1.82) is 5.26 Å². The highest BCUT2D eigenvalue weighted by Crippen LogP contribution is 2.32. The molecule has 0 spiro atoms. The number of ether oxygens (including phenoxy) is 2. The Morgan fingerprint density at radius 1 is 1.32 bits per heavy atom. The molecule has 0 saturated carbocycles. The van der Waals surface area contributed by atoms with Crippen LogP contribution in [-0.2, 0) is 18.4 Å². The van der Waals surface area contributed by atoms with Crippen LogP contribution in [0.4, 0.5) is 5.69 Å². The van der Waals surface area contributed by atoms with E-state index in [1.165, 1.54) is 6.08 Å². The molecular formula is C19H21N3O3. The maximum Gasteiger partial charge on any atom is 0.250 e. The summed E-state index contributed by atoms with van der Waals surface area (Å²) in [6.45, 7) is 5.82. The molecule has 6 nitrogen and oxygen atoms in total. The standard InChI is InChI=1S/C19H21N3O3/c1-6-19(23)22(12-14-9-16(11-20)21(3)13(14)2)15-7-8-17(24-4)18(10-15)25-5/h6-10H,1,12H2,2-5H3. The SMILES string of the molecule is C=CC(=O)N(Cc1cc(C#N)n(C)c1C)c1ccc(OC)c(OC)c1. The molecule has 0 saturated heterocycles. The van der Waals surface area contributed by atoms with Crippen LogP contribution in [0.25, 0.3) is 0 Å². The van der Waals surface area contributed by atoms with Gasteiger partial charge >= 0.3 is 0 Å². The van der Waals surface area contributed by atoms with Gasteiger partial charge in [0.05, 0.1) is 20.8 Å². The Balaban J connectivity index is 2.46. The van der Waals surface area contributed by atoms with Crippen LogP contribution in [0.3, 0.4) is 0 Å². The molecule has 1 amide bonds. The van der Waals surface area contributed by atoms with Gasteiger partial charge < -0.3 is 18.9 Å². The topological polar surface area (TPSA) is 67.5 Å². The molecule has 0 unspecified atom stereocenters. The summed E-state index contributed by atoms with van der Waals surface area (Å²) in [6.07, 6.45) is 1.26. The number of amides is 1. The molecular weight excluding hydrogens is 318 g/mol. The zero-order valence-corrected chi connectivity index (χ0v) is 14.9. The van der Waals surface area contributed by atoms with Gasteiger partial charge in [0.2, 0.25) is 0 Å². The molecule has 0 N–H and O–H groups in total. The molecule has 2 aromatic rings. The number of nitriles is 1. The van der Waals surface area contributed by atoms with Crippen molar-refractivity contribution in [3.63, 3.8) is 0 Å². The number of anilines is 1. The number of benzene rings is 1. The predicted molar refractivity (Wildman–Crippen MR) is 95.8 cm³/mol. The number of methoxy groups -OCH3 is 2. The second-order valence-electron chi connectivity index (χ2n) is 5.48. The Hall–Kier alpha value is -3.20. The number of carbonyl (C=O) groups is 1. The van der Waals surface area contributed by atoms with Gasteiger partial charge in [-0.25, -0.2) is 0 Å². The zero-order valence-electron chi connectivity index (χ0n) is 14.9. The van der Waals surface area contributed by atoms with E-state index in [9.17, 15) is 10.1 Å². The Bertz CT molecular complexity index is 846. The third kappa shape index (κ3) is 3.50. The Labute approximate surface area is 147 Å². The van der Waals surface area contributed by atoms with Gasteiger partial charge in [-0.05, 0) is 36.8 Å². The first-order valence-corrected chi connectivity index (χ1v) is 7.68. The number of nitrogens with zero attached hydrogens (tertiary/aromatic N) is 3. The quantitative estimate of drug-likeness (QED) is 0.759. The van der Waals surface area contributed by atoms with Crippen LogP contribution in [0.5, 0.6) is 11.5 Å². The number of hydrogen-bond acceptors (Lipinski definition) is 4. The first kappa shape index (κ1) is 18.1. The Morgan fingerprint density at radius 3 is 2.52 bits per heavy atom. The summed E-state index contributed by atoms with van der Waals surface area (Å²) in [4.78, 5) is 14.0. The van der Waals surface area contributed by atoms with E-state index in [1.54, 1.807) is 48.0 Å². The number of carbonyl (C=O) groups excluding carboxylic acids is 1. The van der Waals surface area contributed by atoms with E-state index in [0.29, 0.717) is 29.4 Å². The van der Waals surface area contributed by atoms with Crippen molar-refractivity contribution in [3.8, 4) is 17.6 Å². The van der Waals surface area contributed by atoms with Crippen LogP contribution in [0, 0.1) is 18.3 Å². The van der Waals surface area contributed by atoms with E-state index in [2.05, 4.69) is 12.6 Å². The number of hydrogen-bond donors (Lipinski definition) is 0. The average Bonchev–Trinajstić information content (AvgIpc) is 2.92. The lowest BCUT2D eigenvalue weighted by Gasteiger charge is -2.22. The number of aromatic nitrogens is 1. The van der Waals surface area contributed by atoms with E-state index in [-0.39, 0.29) is 5.91 Å². The van der Waals surface area contributed by atoms with Crippen molar-refractivity contribution in [2.75, 3.05) is 19.1 Å². The minimum atomic E-state index is -0.242. The fourth-order valence-electron chi connectivity index (χ4n) is 2.60. The molecule has 0 fully saturated rings. The molecule has 1 heterocycles. The molecule has 2 rings (SSSR count). The Kier molecular flexibility index (Phi) is 5.50. The summed E-state index contributed by atoms with van der Waals surface area (Å²) in [6, 6.07) is 9.21. The zero-order chi connectivity index (χ0) is 18.6. The lowest BCUT2D eigenvalue weighted by molar-refractivity contribution is -0.114. The van der Waals surface area contributed by atoms with Crippen LogP contribution in [0.2, 0.25) is 0 Å². The summed E-state index contributed by atoms with van der Waals surface area (Å²) in [5.74, 6) is 0.873. The van der Waals surface area contributed by atoms with E-state index < -0.39 is 0 Å². The lowest BCUT2D eigenvalue weighted by atomic mass is 10.2. The van der Waals surface area contributed by atoms with E-state index in [4.69, 9.17) is 9.47 Å². The molecule has 0 bridgehead atoms. The lowest BCUT2D eigenvalue weighted by Crippen LogP contribution is -2.28. The number of rotatable bonds is 6. The third-order valence-electron chi connectivity index (χ3n) is 4.20. The van der Waals surface area contributed by atoms with Gasteiger partial charge in [0.15, 0.2) is 11.5 Å². The van der Waals surface area contributed by atoms with Crippen molar-refractivity contribution in [3.05, 3.63) is 53.9 Å². The van der Waals surface area contributed by atoms with Crippen molar-refractivity contribution in [2.24, 2.45) is 7.05 Å². The second-order valence-corrected chi connectivity index (χ2v) is 5.48. The second kappa shape index (κ2) is 7.58. The summed E-state index contributed by atoms with van der Waals surface area (Å²) < 4.78 is 12.4. The molecule has 6 heteroatoms. The molecule has 0 atom stereocenters. The molecule has 0 aliphatic heterocycles. The average molecular weight is 339 g/mol. The smallest absolute Gasteiger partial charge is 0.250 e. The summed E-state index contributed by atoms with van der Waals surface area (Å²) in [5.41, 5.74) is 3.03. The molecule has 0 radical (unpaired) electrons. The van der Waals surface area contributed by atoms with Gasteiger partial charge in [-0.15, -0.1) is 0 Å². The van der Waals surface area contributed by atoms with Crippen molar-refractivity contribution < 1.29 is 14.3 Å². The highest BCUT2D eigenvalue weighted by atomic mass is 16.5. The van der Waals surface area contributed by atoms with E-state index in [0.717, 1.165) is 11.3 Å². The molecule has 130 valence electrons. The highest BCUT2D eigenvalue weighted by molar-refractivity contribution is 6.01. The summed E-state index contributed by atoms with van der Waals surface area (Å²) in [7, 11) is 4.93. The summed E-state index contributed by atoms with van der Waals surface area (Å²) >= 11 is 0. The van der Waals surface area contributed by atoms with Gasteiger partial charge in [-0.1, -0.05) is 6.58 Å². The molecule has 0 aliphatic carbocycles. The minimum absolute atomic E-state index is 0.242. The molecule has 1 aromatic heterocycles. The maximum absolute atomic E-state index is 12.4. The monoisotopic (exact) mass is 339 g/mol. The van der Waals surface area contributed by atoms with Crippen LogP contribution < -0.4 is 14.4 Å². The fourth-order valence-corrected chi connectivity index (χ4v) is 2.60. The molecule has 1 aromatic carbocycles.